The van der Waals surface area contributed by atoms with Crippen LogP contribution in [0.15, 0.2) is 48.5 Å². The van der Waals surface area contributed by atoms with Crippen LogP contribution in [0.4, 0.5) is 0 Å². The van der Waals surface area contributed by atoms with Gasteiger partial charge in [-0.2, -0.15) is 0 Å². The van der Waals surface area contributed by atoms with Crippen molar-refractivity contribution in [2.24, 2.45) is 0 Å². The number of allylic oxidation sites excluding steroid dienone is 1. The van der Waals surface area contributed by atoms with Crippen LogP contribution in [0.25, 0.3) is 6.08 Å². The first kappa shape index (κ1) is 12.9. The third kappa shape index (κ3) is 2.83. The molecule has 0 spiro atoms. The van der Waals surface area contributed by atoms with E-state index in [1.807, 2.05) is 6.07 Å². The van der Waals surface area contributed by atoms with E-state index >= 15 is 0 Å². The summed E-state index contributed by atoms with van der Waals surface area (Å²) in [6.45, 7) is 3.78. The molecule has 0 aliphatic rings. The predicted molar refractivity (Wildman–Crippen MR) is 74.0 cm³/mol. The molecule has 95 valence electrons. The minimum Gasteiger partial charge on any atom is -0.504 e. The molecule has 2 N–H and O–H groups in total. The molecule has 3 nitrogen and oxygen atoms in total. The van der Waals surface area contributed by atoms with Gasteiger partial charge in [-0.3, -0.25) is 4.79 Å². The van der Waals surface area contributed by atoms with E-state index in [1.165, 1.54) is 18.2 Å². The topological polar surface area (TPSA) is 57.5 Å². The number of phenols is 2. The average molecular weight is 253 g/mol. The molecule has 0 heterocycles. The Morgan fingerprint density at radius 2 is 1.79 bits per heavy atom. The second-order valence-corrected chi connectivity index (χ2v) is 4.07. The molecule has 0 unspecified atom stereocenters. The molecule has 19 heavy (non-hydrogen) atoms. The van der Waals surface area contributed by atoms with Gasteiger partial charge in [-0.15, -0.1) is 0 Å². The molecule has 0 saturated carbocycles. The number of hydrogen-bond acceptors (Lipinski definition) is 3. The van der Waals surface area contributed by atoms with Crippen molar-refractivity contribution in [3.8, 4) is 11.5 Å². The Hall–Kier alpha value is -2.55. The SMILES string of the molecule is [CH2]c1ccccc1C(=O)C=Cc1cccc(O)c1O. The van der Waals surface area contributed by atoms with E-state index in [4.69, 9.17) is 0 Å². The maximum atomic E-state index is 12.0. The highest BCUT2D eigenvalue weighted by atomic mass is 16.3. The molecule has 0 bridgehead atoms. The summed E-state index contributed by atoms with van der Waals surface area (Å²) in [5.41, 5.74) is 1.55. The molecule has 0 atom stereocenters. The van der Waals surface area contributed by atoms with Crippen molar-refractivity contribution in [1.82, 2.24) is 0 Å². The van der Waals surface area contributed by atoms with Crippen molar-refractivity contribution in [2.75, 3.05) is 0 Å². The molecule has 0 aliphatic carbocycles. The Balaban J connectivity index is 2.26. The third-order valence-electron chi connectivity index (χ3n) is 2.74. The number of carbonyl (C=O) groups excluding carboxylic acids is 1. The number of carbonyl (C=O) groups is 1. The molecule has 0 fully saturated rings. The smallest absolute Gasteiger partial charge is 0.186 e. The second-order valence-electron chi connectivity index (χ2n) is 4.07. The fourth-order valence-electron chi connectivity index (χ4n) is 1.70. The number of para-hydroxylation sites is 1. The Kier molecular flexibility index (Phi) is 3.66. The van der Waals surface area contributed by atoms with E-state index in [1.54, 1.807) is 30.3 Å². The molecule has 2 aromatic rings. The normalized spacial score (nSPS) is 10.8. The van der Waals surface area contributed by atoms with E-state index in [-0.39, 0.29) is 17.3 Å². The zero-order chi connectivity index (χ0) is 13.8. The maximum Gasteiger partial charge on any atom is 0.186 e. The molecular weight excluding hydrogens is 240 g/mol. The quantitative estimate of drug-likeness (QED) is 0.502. The zero-order valence-corrected chi connectivity index (χ0v) is 10.2. The summed E-state index contributed by atoms with van der Waals surface area (Å²) in [7, 11) is 0. The summed E-state index contributed by atoms with van der Waals surface area (Å²) in [6, 6.07) is 11.6. The van der Waals surface area contributed by atoms with Gasteiger partial charge in [0.2, 0.25) is 0 Å². The summed E-state index contributed by atoms with van der Waals surface area (Å²) in [4.78, 5) is 12.0. The van der Waals surface area contributed by atoms with Crippen molar-refractivity contribution in [1.29, 1.82) is 0 Å². The van der Waals surface area contributed by atoms with Crippen molar-refractivity contribution in [2.45, 2.75) is 0 Å². The molecular formula is C16H13O3. The van der Waals surface area contributed by atoms with Gasteiger partial charge in [0, 0.05) is 11.1 Å². The van der Waals surface area contributed by atoms with Gasteiger partial charge in [-0.05, 0) is 30.7 Å². The van der Waals surface area contributed by atoms with Gasteiger partial charge in [0.25, 0.3) is 0 Å². The second kappa shape index (κ2) is 5.40. The molecule has 3 heteroatoms. The van der Waals surface area contributed by atoms with Gasteiger partial charge >= 0.3 is 0 Å². The van der Waals surface area contributed by atoms with Crippen molar-refractivity contribution in [3.05, 3.63) is 72.2 Å². The van der Waals surface area contributed by atoms with Crippen LogP contribution in [-0.2, 0) is 0 Å². The number of hydrogen-bond donors (Lipinski definition) is 2. The fraction of sp³-hybridized carbons (Fsp3) is 0. The minimum atomic E-state index is -0.241. The Morgan fingerprint density at radius 1 is 1.05 bits per heavy atom. The standard InChI is InChI=1S/C16H13O3/c1-11-5-2-3-7-13(11)14(17)10-9-12-6-4-8-15(18)16(12)19/h2-10,18-19H,1H2. The van der Waals surface area contributed by atoms with E-state index < -0.39 is 0 Å². The summed E-state index contributed by atoms with van der Waals surface area (Å²) in [6.07, 6.45) is 2.81. The van der Waals surface area contributed by atoms with Crippen LogP contribution in [0.3, 0.4) is 0 Å². The number of ketones is 1. The highest BCUT2D eigenvalue weighted by Crippen LogP contribution is 2.29. The van der Waals surface area contributed by atoms with Crippen LogP contribution in [0.5, 0.6) is 11.5 Å². The molecule has 0 aliphatic heterocycles. The number of rotatable bonds is 3. The lowest BCUT2D eigenvalue weighted by Gasteiger charge is -2.02. The zero-order valence-electron chi connectivity index (χ0n) is 10.2. The third-order valence-corrected chi connectivity index (χ3v) is 2.74. The van der Waals surface area contributed by atoms with Crippen molar-refractivity contribution < 1.29 is 15.0 Å². The van der Waals surface area contributed by atoms with Crippen LogP contribution in [0, 0.1) is 6.92 Å². The molecule has 2 aromatic carbocycles. The first-order valence-electron chi connectivity index (χ1n) is 5.74. The first-order valence-corrected chi connectivity index (χ1v) is 5.74. The number of aromatic hydroxyl groups is 2. The highest BCUT2D eigenvalue weighted by Gasteiger charge is 2.06. The Bertz CT molecular complexity index is 642. The largest absolute Gasteiger partial charge is 0.504 e. The van der Waals surface area contributed by atoms with Gasteiger partial charge in [0.15, 0.2) is 17.3 Å². The van der Waals surface area contributed by atoms with Crippen LogP contribution in [0.2, 0.25) is 0 Å². The summed E-state index contributed by atoms with van der Waals surface area (Å²) in [5, 5.41) is 19.0. The maximum absolute atomic E-state index is 12.0. The molecule has 1 radical (unpaired) electrons. The molecule has 0 aromatic heterocycles. The molecule has 2 rings (SSSR count). The van der Waals surface area contributed by atoms with Crippen LogP contribution in [0.1, 0.15) is 21.5 Å². The lowest BCUT2D eigenvalue weighted by Crippen LogP contribution is -1.96. The highest BCUT2D eigenvalue weighted by molar-refractivity contribution is 6.08. The van der Waals surface area contributed by atoms with Gasteiger partial charge in [0.05, 0.1) is 0 Å². The predicted octanol–water partition coefficient (Wildman–Crippen LogP) is 3.18. The monoisotopic (exact) mass is 253 g/mol. The average Bonchev–Trinajstić information content (AvgIpc) is 2.40. The van der Waals surface area contributed by atoms with Gasteiger partial charge < -0.3 is 10.2 Å². The van der Waals surface area contributed by atoms with E-state index in [2.05, 4.69) is 6.92 Å². The van der Waals surface area contributed by atoms with Crippen LogP contribution in [-0.4, -0.2) is 16.0 Å². The Labute approximate surface area is 111 Å². The van der Waals surface area contributed by atoms with Crippen LogP contribution >= 0.6 is 0 Å². The van der Waals surface area contributed by atoms with Gasteiger partial charge in [0.1, 0.15) is 0 Å². The molecule has 0 saturated heterocycles. The molecule has 0 amide bonds. The lowest BCUT2D eigenvalue weighted by molar-refractivity contribution is 0.104. The van der Waals surface area contributed by atoms with Crippen molar-refractivity contribution in [3.63, 3.8) is 0 Å². The summed E-state index contributed by atoms with van der Waals surface area (Å²) < 4.78 is 0. The van der Waals surface area contributed by atoms with E-state index in [9.17, 15) is 15.0 Å². The fourth-order valence-corrected chi connectivity index (χ4v) is 1.70. The summed E-state index contributed by atoms with van der Waals surface area (Å²) in [5.74, 6) is -0.657. The van der Waals surface area contributed by atoms with E-state index in [0.717, 1.165) is 0 Å². The first-order chi connectivity index (χ1) is 9.09. The van der Waals surface area contributed by atoms with Crippen molar-refractivity contribution >= 4 is 11.9 Å². The number of benzene rings is 2. The van der Waals surface area contributed by atoms with Crippen LogP contribution < -0.4 is 0 Å². The summed E-state index contributed by atoms with van der Waals surface area (Å²) >= 11 is 0. The van der Waals surface area contributed by atoms with Gasteiger partial charge in [-0.25, -0.2) is 0 Å². The van der Waals surface area contributed by atoms with E-state index in [0.29, 0.717) is 16.7 Å². The number of phenolic OH excluding ortho intramolecular Hbond substituents is 2. The van der Waals surface area contributed by atoms with Gasteiger partial charge in [-0.1, -0.05) is 36.4 Å². The lowest BCUT2D eigenvalue weighted by atomic mass is 10.0. The Morgan fingerprint density at radius 3 is 2.53 bits per heavy atom. The minimum absolute atomic E-state index is 0.201.